The first-order chi connectivity index (χ1) is 10.0. The lowest BCUT2D eigenvalue weighted by Gasteiger charge is -2.44. The van der Waals surface area contributed by atoms with E-state index in [9.17, 15) is 4.79 Å². The van der Waals surface area contributed by atoms with E-state index in [2.05, 4.69) is 39.1 Å². The third kappa shape index (κ3) is 3.21. The number of fused-ring (bicyclic) bond motifs is 1. The Hall–Kier alpha value is -1.71. The minimum atomic E-state index is -0.506. The van der Waals surface area contributed by atoms with Gasteiger partial charge in [-0.2, -0.15) is 0 Å². The van der Waals surface area contributed by atoms with Gasteiger partial charge in [0.2, 0.25) is 0 Å². The van der Waals surface area contributed by atoms with Gasteiger partial charge in [0.15, 0.2) is 0 Å². The first-order valence-electron chi connectivity index (χ1n) is 7.93. The Morgan fingerprint density at radius 1 is 1.32 bits per heavy atom. The van der Waals surface area contributed by atoms with Crippen molar-refractivity contribution < 1.29 is 9.53 Å². The molecule has 0 unspecified atom stereocenters. The van der Waals surface area contributed by atoms with Crippen LogP contribution in [0, 0.1) is 0 Å². The fraction of sp³-hybridized carbons (Fsp3) is 0.611. The summed E-state index contributed by atoms with van der Waals surface area (Å²) in [7, 11) is 0. The van der Waals surface area contributed by atoms with Gasteiger partial charge in [-0.05, 0) is 52.2 Å². The number of ether oxygens (including phenoxy) is 1. The number of amides is 1. The molecule has 4 nitrogen and oxygen atoms in total. The van der Waals surface area contributed by atoms with Crippen LogP contribution >= 0.6 is 0 Å². The second kappa shape index (κ2) is 5.49. The van der Waals surface area contributed by atoms with Gasteiger partial charge < -0.3 is 10.1 Å². The monoisotopic (exact) mass is 304 g/mol. The van der Waals surface area contributed by atoms with Gasteiger partial charge in [-0.1, -0.05) is 26.0 Å². The molecule has 0 fully saturated rings. The van der Waals surface area contributed by atoms with Crippen LogP contribution in [-0.2, 0) is 4.74 Å². The highest BCUT2D eigenvalue weighted by molar-refractivity contribution is 5.96. The first-order valence-corrected chi connectivity index (χ1v) is 7.93. The lowest BCUT2D eigenvalue weighted by molar-refractivity contribution is 0.0546. The average Bonchev–Trinajstić information content (AvgIpc) is 2.34. The lowest BCUT2D eigenvalue weighted by Crippen LogP contribution is -2.56. The summed E-state index contributed by atoms with van der Waals surface area (Å²) in [4.78, 5) is 14.5. The standard InChI is InChI=1S/C18H28N2O2/c1-12(2)13-9-8-10-14-15(13)19-11-18(6,7)20(14)16(21)22-17(3,4)5/h8-10,12,19H,11H2,1-7H3. The van der Waals surface area contributed by atoms with Crippen LogP contribution in [0.2, 0.25) is 0 Å². The van der Waals surface area contributed by atoms with E-state index in [4.69, 9.17) is 4.74 Å². The number of nitrogens with one attached hydrogen (secondary N) is 1. The van der Waals surface area contributed by atoms with Crippen molar-refractivity contribution in [2.24, 2.45) is 0 Å². The van der Waals surface area contributed by atoms with Gasteiger partial charge in [0.25, 0.3) is 0 Å². The molecule has 1 aromatic carbocycles. The highest BCUT2D eigenvalue weighted by atomic mass is 16.6. The lowest BCUT2D eigenvalue weighted by atomic mass is 9.93. The van der Waals surface area contributed by atoms with Crippen molar-refractivity contribution in [3.63, 3.8) is 0 Å². The minimum absolute atomic E-state index is 0.291. The van der Waals surface area contributed by atoms with Gasteiger partial charge >= 0.3 is 6.09 Å². The SMILES string of the molecule is CC(C)c1cccc2c1NCC(C)(C)N2C(=O)OC(C)(C)C. The van der Waals surface area contributed by atoms with Crippen LogP contribution in [0.25, 0.3) is 0 Å². The zero-order chi connectivity index (χ0) is 16.7. The summed E-state index contributed by atoms with van der Waals surface area (Å²) in [5.41, 5.74) is 2.32. The molecule has 2 rings (SSSR count). The number of carbonyl (C=O) groups excluding carboxylic acids is 1. The van der Waals surface area contributed by atoms with E-state index in [-0.39, 0.29) is 11.6 Å². The topological polar surface area (TPSA) is 41.6 Å². The van der Waals surface area contributed by atoms with E-state index in [1.807, 2.05) is 32.9 Å². The highest BCUT2D eigenvalue weighted by Crippen LogP contribution is 2.41. The number of nitrogens with zero attached hydrogens (tertiary/aromatic N) is 1. The first kappa shape index (κ1) is 16.7. The molecule has 1 aliphatic heterocycles. The smallest absolute Gasteiger partial charge is 0.415 e. The second-order valence-corrected chi connectivity index (χ2v) is 7.88. The summed E-state index contributed by atoms with van der Waals surface area (Å²) in [6.45, 7) is 14.8. The van der Waals surface area contributed by atoms with Crippen molar-refractivity contribution in [3.8, 4) is 0 Å². The molecule has 0 spiro atoms. The molecular weight excluding hydrogens is 276 g/mol. The maximum atomic E-state index is 12.7. The van der Waals surface area contributed by atoms with Crippen LogP contribution in [0.15, 0.2) is 18.2 Å². The number of carbonyl (C=O) groups is 1. The van der Waals surface area contributed by atoms with E-state index in [1.54, 1.807) is 4.90 Å². The van der Waals surface area contributed by atoms with Gasteiger partial charge in [0.05, 0.1) is 16.9 Å². The predicted molar refractivity (Wildman–Crippen MR) is 91.8 cm³/mol. The molecular formula is C18H28N2O2. The number of hydrogen-bond donors (Lipinski definition) is 1. The summed E-state index contributed by atoms with van der Waals surface area (Å²) < 4.78 is 5.63. The van der Waals surface area contributed by atoms with Gasteiger partial charge in [0, 0.05) is 6.54 Å². The molecule has 0 aliphatic carbocycles. The third-order valence-electron chi connectivity index (χ3n) is 3.82. The Morgan fingerprint density at radius 3 is 2.50 bits per heavy atom. The molecule has 0 atom stereocenters. The van der Waals surface area contributed by atoms with Gasteiger partial charge in [0.1, 0.15) is 5.60 Å². The van der Waals surface area contributed by atoms with Crippen LogP contribution in [0.1, 0.15) is 59.9 Å². The van der Waals surface area contributed by atoms with E-state index in [0.29, 0.717) is 12.5 Å². The Morgan fingerprint density at radius 2 is 1.95 bits per heavy atom. The van der Waals surface area contributed by atoms with Gasteiger partial charge in [-0.15, -0.1) is 0 Å². The fourth-order valence-corrected chi connectivity index (χ4v) is 2.78. The van der Waals surface area contributed by atoms with Crippen molar-refractivity contribution in [2.45, 2.75) is 65.5 Å². The normalized spacial score (nSPS) is 17.0. The minimum Gasteiger partial charge on any atom is -0.443 e. The van der Waals surface area contributed by atoms with Crippen LogP contribution in [0.4, 0.5) is 16.2 Å². The molecule has 1 aliphatic rings. The van der Waals surface area contributed by atoms with Crippen molar-refractivity contribution in [3.05, 3.63) is 23.8 Å². The number of para-hydroxylation sites is 1. The molecule has 1 amide bonds. The number of anilines is 2. The molecule has 4 heteroatoms. The highest BCUT2D eigenvalue weighted by Gasteiger charge is 2.40. The third-order valence-corrected chi connectivity index (χ3v) is 3.82. The van der Waals surface area contributed by atoms with Gasteiger partial charge in [-0.3, -0.25) is 4.90 Å². The zero-order valence-electron chi connectivity index (χ0n) is 14.8. The van der Waals surface area contributed by atoms with Crippen molar-refractivity contribution in [1.29, 1.82) is 0 Å². The van der Waals surface area contributed by atoms with E-state index < -0.39 is 5.60 Å². The Labute approximate surface area is 133 Å². The maximum absolute atomic E-state index is 12.7. The summed E-state index contributed by atoms with van der Waals surface area (Å²) in [6, 6.07) is 6.11. The maximum Gasteiger partial charge on any atom is 0.415 e. The quantitative estimate of drug-likeness (QED) is 0.813. The molecule has 0 radical (unpaired) electrons. The Kier molecular flexibility index (Phi) is 4.16. The Bertz CT molecular complexity index is 571. The summed E-state index contributed by atoms with van der Waals surface area (Å²) in [5.74, 6) is 0.393. The zero-order valence-corrected chi connectivity index (χ0v) is 14.8. The Balaban J connectivity index is 2.49. The summed E-state index contributed by atoms with van der Waals surface area (Å²) in [5, 5.41) is 3.50. The number of rotatable bonds is 1. The summed E-state index contributed by atoms with van der Waals surface area (Å²) in [6.07, 6.45) is -0.291. The molecule has 22 heavy (non-hydrogen) atoms. The number of hydrogen-bond acceptors (Lipinski definition) is 3. The molecule has 0 aromatic heterocycles. The number of benzene rings is 1. The van der Waals surface area contributed by atoms with Crippen LogP contribution in [-0.4, -0.2) is 23.8 Å². The van der Waals surface area contributed by atoms with Crippen LogP contribution in [0.5, 0.6) is 0 Å². The largest absolute Gasteiger partial charge is 0.443 e. The van der Waals surface area contributed by atoms with Crippen LogP contribution < -0.4 is 10.2 Å². The molecule has 1 heterocycles. The fourth-order valence-electron chi connectivity index (χ4n) is 2.78. The van der Waals surface area contributed by atoms with Crippen molar-refractivity contribution in [2.75, 3.05) is 16.8 Å². The molecule has 1 N–H and O–H groups in total. The average molecular weight is 304 g/mol. The van der Waals surface area contributed by atoms with Gasteiger partial charge in [-0.25, -0.2) is 4.79 Å². The van der Waals surface area contributed by atoms with E-state index >= 15 is 0 Å². The van der Waals surface area contributed by atoms with E-state index in [0.717, 1.165) is 11.4 Å². The molecule has 122 valence electrons. The molecule has 0 saturated carbocycles. The predicted octanol–water partition coefficient (Wildman–Crippen LogP) is 4.76. The van der Waals surface area contributed by atoms with Crippen molar-refractivity contribution >= 4 is 17.5 Å². The van der Waals surface area contributed by atoms with Crippen molar-refractivity contribution in [1.82, 2.24) is 0 Å². The van der Waals surface area contributed by atoms with E-state index in [1.165, 1.54) is 5.56 Å². The molecule has 0 saturated heterocycles. The second-order valence-electron chi connectivity index (χ2n) is 7.88. The summed E-state index contributed by atoms with van der Waals surface area (Å²) >= 11 is 0. The molecule has 1 aromatic rings. The van der Waals surface area contributed by atoms with Crippen LogP contribution in [0.3, 0.4) is 0 Å². The molecule has 0 bridgehead atoms.